The smallest absolute Gasteiger partial charge is 0.163 e. The Hall–Kier alpha value is -2.09. The fourth-order valence-corrected chi connectivity index (χ4v) is 3.39. The highest BCUT2D eigenvalue weighted by Crippen LogP contribution is 2.31. The molecular weight excluding hydrogens is 296 g/mol. The molecule has 0 heterocycles. The molecule has 126 valence electrons. The van der Waals surface area contributed by atoms with E-state index in [1.54, 1.807) is 0 Å². The molecule has 0 bridgehead atoms. The lowest BCUT2D eigenvalue weighted by molar-refractivity contribution is 0.0944. The van der Waals surface area contributed by atoms with Crippen molar-refractivity contribution in [1.29, 1.82) is 0 Å². The van der Waals surface area contributed by atoms with E-state index in [-0.39, 0.29) is 5.78 Å². The zero-order valence-electron chi connectivity index (χ0n) is 14.4. The van der Waals surface area contributed by atoms with Crippen LogP contribution >= 0.6 is 0 Å². The largest absolute Gasteiger partial charge is 0.489 e. The van der Waals surface area contributed by atoms with E-state index in [1.165, 1.54) is 25.7 Å². The first kappa shape index (κ1) is 16.8. The second-order valence-electron chi connectivity index (χ2n) is 7.05. The SMILES string of the molecule is CC1CCC(CC(=O)c2ccc(OCc3ccccc3)cc2)CC1. The summed E-state index contributed by atoms with van der Waals surface area (Å²) in [5.74, 6) is 2.48. The third-order valence-electron chi connectivity index (χ3n) is 5.03. The van der Waals surface area contributed by atoms with Crippen molar-refractivity contribution in [3.8, 4) is 5.75 Å². The van der Waals surface area contributed by atoms with Crippen molar-refractivity contribution < 1.29 is 9.53 Å². The average Bonchev–Trinajstić information content (AvgIpc) is 2.63. The van der Waals surface area contributed by atoms with Gasteiger partial charge in [0.1, 0.15) is 12.4 Å². The van der Waals surface area contributed by atoms with Gasteiger partial charge in [-0.05, 0) is 54.5 Å². The molecule has 0 N–H and O–H groups in total. The van der Waals surface area contributed by atoms with Crippen LogP contribution in [0.5, 0.6) is 5.75 Å². The Morgan fingerprint density at radius 3 is 2.29 bits per heavy atom. The maximum Gasteiger partial charge on any atom is 0.163 e. The van der Waals surface area contributed by atoms with Crippen LogP contribution in [0.1, 0.15) is 54.9 Å². The van der Waals surface area contributed by atoms with Crippen LogP contribution in [0.2, 0.25) is 0 Å². The monoisotopic (exact) mass is 322 g/mol. The van der Waals surface area contributed by atoms with Crippen LogP contribution in [-0.4, -0.2) is 5.78 Å². The quantitative estimate of drug-likeness (QED) is 0.641. The van der Waals surface area contributed by atoms with Gasteiger partial charge in [-0.2, -0.15) is 0 Å². The van der Waals surface area contributed by atoms with Gasteiger partial charge in [-0.3, -0.25) is 4.79 Å². The van der Waals surface area contributed by atoms with E-state index in [0.29, 0.717) is 18.9 Å². The van der Waals surface area contributed by atoms with Crippen LogP contribution in [0.3, 0.4) is 0 Å². The number of carbonyl (C=O) groups excluding carboxylic acids is 1. The molecule has 0 atom stereocenters. The number of hydrogen-bond donors (Lipinski definition) is 0. The third-order valence-corrected chi connectivity index (χ3v) is 5.03. The third kappa shape index (κ3) is 4.70. The van der Waals surface area contributed by atoms with E-state index >= 15 is 0 Å². The molecule has 0 aliphatic heterocycles. The summed E-state index contributed by atoms with van der Waals surface area (Å²) < 4.78 is 5.78. The molecule has 0 aromatic heterocycles. The molecule has 0 spiro atoms. The summed E-state index contributed by atoms with van der Waals surface area (Å²) in [5.41, 5.74) is 1.95. The molecule has 2 aromatic rings. The van der Waals surface area contributed by atoms with E-state index in [2.05, 4.69) is 6.92 Å². The molecule has 24 heavy (non-hydrogen) atoms. The van der Waals surface area contributed by atoms with Crippen molar-refractivity contribution >= 4 is 5.78 Å². The molecular formula is C22H26O2. The van der Waals surface area contributed by atoms with Gasteiger partial charge >= 0.3 is 0 Å². The van der Waals surface area contributed by atoms with Crippen molar-refractivity contribution in [3.05, 3.63) is 65.7 Å². The number of benzene rings is 2. The predicted octanol–water partition coefficient (Wildman–Crippen LogP) is 5.66. The van der Waals surface area contributed by atoms with Gasteiger partial charge in [-0.25, -0.2) is 0 Å². The van der Waals surface area contributed by atoms with E-state index in [9.17, 15) is 4.79 Å². The maximum atomic E-state index is 12.4. The van der Waals surface area contributed by atoms with Crippen molar-refractivity contribution in [3.63, 3.8) is 0 Å². The van der Waals surface area contributed by atoms with Crippen LogP contribution in [0.4, 0.5) is 0 Å². The van der Waals surface area contributed by atoms with Gasteiger partial charge in [0.25, 0.3) is 0 Å². The number of Topliss-reactive ketones (excluding diaryl/α,β-unsaturated/α-hetero) is 1. The van der Waals surface area contributed by atoms with Gasteiger partial charge in [0.15, 0.2) is 5.78 Å². The lowest BCUT2D eigenvalue weighted by Crippen LogP contribution is -2.16. The molecule has 1 aliphatic carbocycles. The van der Waals surface area contributed by atoms with Gasteiger partial charge < -0.3 is 4.74 Å². The van der Waals surface area contributed by atoms with E-state index in [4.69, 9.17) is 4.74 Å². The minimum Gasteiger partial charge on any atom is -0.489 e. The molecule has 0 unspecified atom stereocenters. The van der Waals surface area contributed by atoms with Crippen molar-refractivity contribution in [1.82, 2.24) is 0 Å². The van der Waals surface area contributed by atoms with Gasteiger partial charge in [-0.15, -0.1) is 0 Å². The van der Waals surface area contributed by atoms with Crippen LogP contribution < -0.4 is 4.74 Å². The molecule has 1 aliphatic rings. The van der Waals surface area contributed by atoms with Crippen molar-refractivity contribution in [2.45, 2.75) is 45.6 Å². The van der Waals surface area contributed by atoms with Gasteiger partial charge in [0, 0.05) is 12.0 Å². The zero-order valence-corrected chi connectivity index (χ0v) is 14.4. The predicted molar refractivity (Wildman–Crippen MR) is 97.3 cm³/mol. The Morgan fingerprint density at radius 1 is 0.958 bits per heavy atom. The zero-order chi connectivity index (χ0) is 16.8. The minimum atomic E-state index is 0.268. The second kappa shape index (κ2) is 8.14. The van der Waals surface area contributed by atoms with Crippen LogP contribution in [0.25, 0.3) is 0 Å². The van der Waals surface area contributed by atoms with E-state index in [1.807, 2.05) is 54.6 Å². The summed E-state index contributed by atoms with van der Waals surface area (Å²) in [5, 5.41) is 0. The molecule has 1 saturated carbocycles. The summed E-state index contributed by atoms with van der Waals surface area (Å²) in [4.78, 5) is 12.4. The van der Waals surface area contributed by atoms with Crippen LogP contribution in [0.15, 0.2) is 54.6 Å². The number of carbonyl (C=O) groups is 1. The number of ether oxygens (including phenoxy) is 1. The summed E-state index contributed by atoms with van der Waals surface area (Å²) in [6, 6.07) is 17.7. The Morgan fingerprint density at radius 2 is 1.62 bits per heavy atom. The van der Waals surface area contributed by atoms with Crippen molar-refractivity contribution in [2.75, 3.05) is 0 Å². The van der Waals surface area contributed by atoms with Crippen molar-refractivity contribution in [2.24, 2.45) is 11.8 Å². The fraction of sp³-hybridized carbons (Fsp3) is 0.409. The first-order valence-corrected chi connectivity index (χ1v) is 9.00. The fourth-order valence-electron chi connectivity index (χ4n) is 3.39. The van der Waals surface area contributed by atoms with Crippen LogP contribution in [0, 0.1) is 11.8 Å². The molecule has 2 nitrogen and oxygen atoms in total. The number of hydrogen-bond acceptors (Lipinski definition) is 2. The number of rotatable bonds is 6. The molecule has 2 aromatic carbocycles. The molecule has 1 fully saturated rings. The Balaban J connectivity index is 1.51. The summed E-state index contributed by atoms with van der Waals surface area (Å²) in [7, 11) is 0. The van der Waals surface area contributed by atoms with E-state index < -0.39 is 0 Å². The normalized spacial score (nSPS) is 20.5. The Bertz CT molecular complexity index is 637. The first-order chi connectivity index (χ1) is 11.7. The molecule has 0 amide bonds. The first-order valence-electron chi connectivity index (χ1n) is 9.00. The average molecular weight is 322 g/mol. The van der Waals surface area contributed by atoms with Gasteiger partial charge in [0.2, 0.25) is 0 Å². The second-order valence-corrected chi connectivity index (χ2v) is 7.05. The number of ketones is 1. The Kier molecular flexibility index (Phi) is 5.68. The maximum absolute atomic E-state index is 12.4. The highest BCUT2D eigenvalue weighted by molar-refractivity contribution is 5.96. The molecule has 0 saturated heterocycles. The Labute approximate surface area is 144 Å². The van der Waals surface area contributed by atoms with Crippen LogP contribution in [-0.2, 0) is 6.61 Å². The van der Waals surface area contributed by atoms with E-state index in [0.717, 1.165) is 22.8 Å². The lowest BCUT2D eigenvalue weighted by Gasteiger charge is -2.25. The van der Waals surface area contributed by atoms with Gasteiger partial charge in [-0.1, -0.05) is 50.1 Å². The summed E-state index contributed by atoms with van der Waals surface area (Å²) in [6.07, 6.45) is 5.63. The summed E-state index contributed by atoms with van der Waals surface area (Å²) >= 11 is 0. The topological polar surface area (TPSA) is 26.3 Å². The molecule has 2 heteroatoms. The molecule has 0 radical (unpaired) electrons. The standard InChI is InChI=1S/C22H26O2/c1-17-7-9-18(10-8-17)15-22(23)20-11-13-21(14-12-20)24-16-19-5-3-2-4-6-19/h2-6,11-14,17-18H,7-10,15-16H2,1H3. The highest BCUT2D eigenvalue weighted by atomic mass is 16.5. The summed E-state index contributed by atoms with van der Waals surface area (Å²) in [6.45, 7) is 2.86. The molecule has 3 rings (SSSR count). The van der Waals surface area contributed by atoms with Gasteiger partial charge in [0.05, 0.1) is 0 Å². The lowest BCUT2D eigenvalue weighted by atomic mass is 9.80. The highest BCUT2D eigenvalue weighted by Gasteiger charge is 2.21. The minimum absolute atomic E-state index is 0.268.